The van der Waals surface area contributed by atoms with E-state index in [4.69, 9.17) is 4.84 Å². The van der Waals surface area contributed by atoms with Crippen LogP contribution in [0, 0.1) is 5.92 Å². The van der Waals surface area contributed by atoms with Crippen molar-refractivity contribution in [1.82, 2.24) is 0 Å². The van der Waals surface area contributed by atoms with Gasteiger partial charge in [0, 0.05) is 4.47 Å². The number of amides is 2. The zero-order valence-electron chi connectivity index (χ0n) is 19.6. The van der Waals surface area contributed by atoms with Crippen LogP contribution in [0.15, 0.2) is 114 Å². The summed E-state index contributed by atoms with van der Waals surface area (Å²) < 4.78 is 0.877. The molecular weight excluding hydrogens is 528 g/mol. The molecule has 6 heteroatoms. The maximum absolute atomic E-state index is 14.1. The number of carbonyl (C=O) groups excluding carboxylic acids is 2. The van der Waals surface area contributed by atoms with Gasteiger partial charge in [0.05, 0.1) is 17.4 Å². The van der Waals surface area contributed by atoms with E-state index in [0.717, 1.165) is 37.3 Å². The van der Waals surface area contributed by atoms with Crippen molar-refractivity contribution in [2.75, 3.05) is 9.96 Å². The number of halogens is 1. The maximum atomic E-state index is 14.1. The first kappa shape index (κ1) is 22.2. The lowest BCUT2D eigenvalue weighted by Gasteiger charge is -2.30. The second kappa shape index (κ2) is 8.54. The zero-order valence-corrected chi connectivity index (χ0v) is 21.2. The molecule has 3 atom stereocenters. The topological polar surface area (TPSA) is 49.9 Å². The third-order valence-electron chi connectivity index (χ3n) is 7.32. The second-order valence-electron chi connectivity index (χ2n) is 9.38. The van der Waals surface area contributed by atoms with Crippen molar-refractivity contribution in [3.8, 4) is 0 Å². The first-order valence-corrected chi connectivity index (χ1v) is 13.0. The fourth-order valence-corrected chi connectivity index (χ4v) is 5.98. The summed E-state index contributed by atoms with van der Waals surface area (Å²) in [6.45, 7) is 0. The highest BCUT2D eigenvalue weighted by molar-refractivity contribution is 9.10. The highest BCUT2D eigenvalue weighted by atomic mass is 79.9. The number of hydrogen-bond acceptors (Lipinski definition) is 4. The van der Waals surface area contributed by atoms with Gasteiger partial charge in [-0.05, 0) is 69.6 Å². The molecule has 0 spiro atoms. The van der Waals surface area contributed by atoms with Crippen LogP contribution in [0.4, 0.5) is 11.4 Å². The van der Waals surface area contributed by atoms with E-state index in [1.807, 2.05) is 66.7 Å². The van der Waals surface area contributed by atoms with E-state index in [2.05, 4.69) is 46.3 Å². The van der Waals surface area contributed by atoms with E-state index in [0.29, 0.717) is 5.69 Å². The molecule has 0 aromatic heterocycles. The monoisotopic (exact) mass is 548 g/mol. The fraction of sp³-hybridized carbons (Fsp3) is 0.0968. The molecule has 0 saturated carbocycles. The van der Waals surface area contributed by atoms with Crippen molar-refractivity contribution in [2.24, 2.45) is 5.92 Å². The number of fused-ring (bicyclic) bond motifs is 3. The van der Waals surface area contributed by atoms with Crippen molar-refractivity contribution >= 4 is 60.7 Å². The van der Waals surface area contributed by atoms with Crippen molar-refractivity contribution in [1.29, 1.82) is 0 Å². The van der Waals surface area contributed by atoms with Gasteiger partial charge in [0.25, 0.3) is 5.91 Å². The van der Waals surface area contributed by atoms with Crippen molar-refractivity contribution in [3.05, 3.63) is 119 Å². The van der Waals surface area contributed by atoms with Gasteiger partial charge in [-0.15, -0.1) is 0 Å². The third-order valence-corrected chi connectivity index (χ3v) is 7.85. The molecule has 0 aliphatic carbocycles. The molecule has 180 valence electrons. The molecule has 2 saturated heterocycles. The average molecular weight is 549 g/mol. The quantitative estimate of drug-likeness (QED) is 0.183. The number of hydroxylamine groups is 1. The third kappa shape index (κ3) is 3.40. The Morgan fingerprint density at radius 3 is 1.89 bits per heavy atom. The van der Waals surface area contributed by atoms with Gasteiger partial charge in [-0.2, -0.15) is 0 Å². The molecule has 2 aliphatic rings. The van der Waals surface area contributed by atoms with E-state index in [1.165, 1.54) is 4.90 Å². The van der Waals surface area contributed by atoms with Gasteiger partial charge >= 0.3 is 0 Å². The largest absolute Gasteiger partial charge is 0.273 e. The number of benzene rings is 5. The Balaban J connectivity index is 1.47. The minimum Gasteiger partial charge on any atom is -0.273 e. The van der Waals surface area contributed by atoms with E-state index in [1.54, 1.807) is 17.2 Å². The van der Waals surface area contributed by atoms with Gasteiger partial charge in [0.1, 0.15) is 5.92 Å². The van der Waals surface area contributed by atoms with Crippen molar-refractivity contribution < 1.29 is 14.4 Å². The van der Waals surface area contributed by atoms with Crippen LogP contribution in [-0.4, -0.2) is 17.9 Å². The number of rotatable bonds is 3. The lowest BCUT2D eigenvalue weighted by Crippen LogP contribution is -2.37. The van der Waals surface area contributed by atoms with Gasteiger partial charge in [0.15, 0.2) is 6.10 Å². The summed E-state index contributed by atoms with van der Waals surface area (Å²) in [4.78, 5) is 35.5. The van der Waals surface area contributed by atoms with Crippen LogP contribution in [0.25, 0.3) is 21.5 Å². The Labute approximate surface area is 221 Å². The number of nitrogens with zero attached hydrogens (tertiary/aromatic N) is 2. The van der Waals surface area contributed by atoms with Crippen LogP contribution >= 0.6 is 15.9 Å². The molecule has 5 aromatic rings. The van der Waals surface area contributed by atoms with Gasteiger partial charge < -0.3 is 0 Å². The Hall–Kier alpha value is -4.00. The number of imide groups is 1. The second-order valence-corrected chi connectivity index (χ2v) is 10.3. The number of hydrogen-bond donors (Lipinski definition) is 0. The Bertz CT molecular complexity index is 1630. The Morgan fingerprint density at radius 2 is 1.24 bits per heavy atom. The molecule has 0 radical (unpaired) electrons. The smallest absolute Gasteiger partial charge is 0.266 e. The standard InChI is InChI=1S/C31H21BrN2O3/c32-21-14-16-22(17-15-21)33-30(35)27-28(34(37-29(27)31(33)36)23-10-2-1-3-11-23)26-24-12-6-4-8-19(24)18-20-9-5-7-13-25(20)26/h1-18,27-29H/t27-,28-,29+/m0/s1. The number of anilines is 2. The van der Waals surface area contributed by atoms with E-state index in [9.17, 15) is 9.59 Å². The summed E-state index contributed by atoms with van der Waals surface area (Å²) in [5.41, 5.74) is 2.34. The SMILES string of the molecule is O=C1[C@@H]2[C@@H](ON(c3ccccc3)[C@H]2c2c3ccccc3cc3ccccc23)C(=O)N1c1ccc(Br)cc1. The summed E-state index contributed by atoms with van der Waals surface area (Å²) in [7, 11) is 0. The molecule has 5 aromatic carbocycles. The number of carbonyl (C=O) groups is 2. The summed E-state index contributed by atoms with van der Waals surface area (Å²) in [5, 5.41) is 6.01. The zero-order chi connectivity index (χ0) is 25.1. The van der Waals surface area contributed by atoms with Crippen LogP contribution in [0.3, 0.4) is 0 Å². The molecule has 0 unspecified atom stereocenters. The summed E-state index contributed by atoms with van der Waals surface area (Å²) in [6, 6.07) is 35.0. The Kier molecular flexibility index (Phi) is 5.13. The predicted octanol–water partition coefficient (Wildman–Crippen LogP) is 6.81. The van der Waals surface area contributed by atoms with E-state index >= 15 is 0 Å². The van der Waals surface area contributed by atoms with Gasteiger partial charge in [0.2, 0.25) is 5.91 Å². The molecular formula is C31H21BrN2O3. The lowest BCUT2D eigenvalue weighted by atomic mass is 9.84. The molecule has 0 bridgehead atoms. The molecule has 2 amide bonds. The van der Waals surface area contributed by atoms with Gasteiger partial charge in [-0.1, -0.05) is 82.7 Å². The van der Waals surface area contributed by atoms with Crippen LogP contribution in [-0.2, 0) is 14.4 Å². The van der Waals surface area contributed by atoms with Crippen LogP contribution in [0.5, 0.6) is 0 Å². The predicted molar refractivity (Wildman–Crippen MR) is 148 cm³/mol. The van der Waals surface area contributed by atoms with Crippen LogP contribution in [0.2, 0.25) is 0 Å². The van der Waals surface area contributed by atoms with Crippen molar-refractivity contribution in [3.63, 3.8) is 0 Å². The highest BCUT2D eigenvalue weighted by Crippen LogP contribution is 2.50. The first-order valence-electron chi connectivity index (χ1n) is 12.2. The highest BCUT2D eigenvalue weighted by Gasteiger charge is 2.60. The summed E-state index contributed by atoms with van der Waals surface area (Å²) in [6.07, 6.45) is -0.918. The molecule has 7 rings (SSSR count). The molecule has 0 N–H and O–H groups in total. The fourth-order valence-electron chi connectivity index (χ4n) is 5.72. The molecule has 2 fully saturated rings. The van der Waals surface area contributed by atoms with Gasteiger partial charge in [-0.25, -0.2) is 9.96 Å². The Morgan fingerprint density at radius 1 is 0.649 bits per heavy atom. The minimum absolute atomic E-state index is 0.252. The molecule has 5 nitrogen and oxygen atoms in total. The van der Waals surface area contributed by atoms with Gasteiger partial charge in [-0.3, -0.25) is 14.4 Å². The van der Waals surface area contributed by atoms with Crippen LogP contribution in [0.1, 0.15) is 11.6 Å². The molecule has 37 heavy (non-hydrogen) atoms. The van der Waals surface area contributed by atoms with Crippen LogP contribution < -0.4 is 9.96 Å². The summed E-state index contributed by atoms with van der Waals surface area (Å²) >= 11 is 3.43. The van der Waals surface area contributed by atoms with E-state index < -0.39 is 18.1 Å². The lowest BCUT2D eigenvalue weighted by molar-refractivity contribution is -0.126. The average Bonchev–Trinajstić information content (AvgIpc) is 3.44. The summed E-state index contributed by atoms with van der Waals surface area (Å²) in [5.74, 6) is -1.30. The molecule has 2 aliphatic heterocycles. The van der Waals surface area contributed by atoms with Crippen molar-refractivity contribution in [2.45, 2.75) is 12.1 Å². The first-order chi connectivity index (χ1) is 18.1. The van der Waals surface area contributed by atoms with E-state index in [-0.39, 0.29) is 11.8 Å². The minimum atomic E-state index is -0.918. The number of para-hydroxylation sites is 1. The normalized spacial score (nSPS) is 21.3. The molecule has 2 heterocycles. The maximum Gasteiger partial charge on any atom is 0.266 e.